The maximum atomic E-state index is 12.2. The second-order valence-electron chi connectivity index (χ2n) is 5.65. The Balaban J connectivity index is 1.42. The van der Waals surface area contributed by atoms with Crippen LogP contribution in [-0.4, -0.2) is 35.1 Å². The van der Waals surface area contributed by atoms with Gasteiger partial charge in [0.1, 0.15) is 0 Å². The number of pyridine rings is 1. The van der Waals surface area contributed by atoms with Gasteiger partial charge in [0.25, 0.3) is 0 Å². The number of carbonyl (C=O) groups excluding carboxylic acids is 1. The Hall–Kier alpha value is -2.40. The number of nitrogens with zero attached hydrogens (tertiary/aromatic N) is 2. The fourth-order valence-electron chi connectivity index (χ4n) is 2.65. The van der Waals surface area contributed by atoms with Gasteiger partial charge in [-0.15, -0.1) is 0 Å². The highest BCUT2D eigenvalue weighted by atomic mass is 16.5. The lowest BCUT2D eigenvalue weighted by Crippen LogP contribution is -2.43. The van der Waals surface area contributed by atoms with Crippen LogP contribution in [0.4, 0.5) is 10.5 Å². The van der Waals surface area contributed by atoms with Crippen molar-refractivity contribution < 1.29 is 9.53 Å². The Bertz CT molecular complexity index is 611. The van der Waals surface area contributed by atoms with Crippen LogP contribution in [0.15, 0.2) is 54.9 Å². The van der Waals surface area contributed by atoms with Crippen LogP contribution < -0.4 is 5.32 Å². The summed E-state index contributed by atoms with van der Waals surface area (Å²) < 4.78 is 5.95. The standard InChI is InChI=1S/C18H21N3O2/c22-18(20-16-6-10-19-11-7-16)21-12-8-17(9-13-21)23-14-15-4-2-1-3-5-15/h1-7,10-11,17H,8-9,12-14H2,(H,19,20,22). The number of hydrogen-bond donors (Lipinski definition) is 1. The molecule has 0 atom stereocenters. The summed E-state index contributed by atoms with van der Waals surface area (Å²) in [6.45, 7) is 2.07. The van der Waals surface area contributed by atoms with Gasteiger partial charge in [0.2, 0.25) is 0 Å². The second-order valence-corrected chi connectivity index (χ2v) is 5.65. The fraction of sp³-hybridized carbons (Fsp3) is 0.333. The average molecular weight is 311 g/mol. The van der Waals surface area contributed by atoms with Gasteiger partial charge in [0, 0.05) is 31.2 Å². The van der Waals surface area contributed by atoms with Gasteiger partial charge < -0.3 is 15.0 Å². The van der Waals surface area contributed by atoms with Gasteiger partial charge in [0.05, 0.1) is 12.7 Å². The number of benzene rings is 1. The maximum absolute atomic E-state index is 12.2. The number of ether oxygens (including phenoxy) is 1. The number of nitrogens with one attached hydrogen (secondary N) is 1. The van der Waals surface area contributed by atoms with Crippen LogP contribution >= 0.6 is 0 Å². The molecular weight excluding hydrogens is 290 g/mol. The molecule has 5 heteroatoms. The number of urea groups is 1. The van der Waals surface area contributed by atoms with Crippen molar-refractivity contribution in [1.82, 2.24) is 9.88 Å². The van der Waals surface area contributed by atoms with Crippen LogP contribution in [0.5, 0.6) is 0 Å². The summed E-state index contributed by atoms with van der Waals surface area (Å²) in [6, 6.07) is 13.7. The van der Waals surface area contributed by atoms with Gasteiger partial charge in [-0.25, -0.2) is 4.79 Å². The minimum absolute atomic E-state index is 0.0577. The van der Waals surface area contributed by atoms with E-state index in [0.29, 0.717) is 6.61 Å². The number of piperidine rings is 1. The topological polar surface area (TPSA) is 54.5 Å². The molecule has 1 aromatic heterocycles. The molecule has 2 heterocycles. The van der Waals surface area contributed by atoms with E-state index in [2.05, 4.69) is 22.4 Å². The molecule has 0 saturated carbocycles. The van der Waals surface area contributed by atoms with Gasteiger partial charge in [0.15, 0.2) is 0 Å². The lowest BCUT2D eigenvalue weighted by molar-refractivity contribution is 0.00540. The van der Waals surface area contributed by atoms with Crippen LogP contribution in [0.3, 0.4) is 0 Å². The summed E-state index contributed by atoms with van der Waals surface area (Å²) in [6.07, 6.45) is 5.30. The molecule has 1 N–H and O–H groups in total. The lowest BCUT2D eigenvalue weighted by Gasteiger charge is -2.32. The summed E-state index contributed by atoms with van der Waals surface area (Å²) in [5, 5.41) is 2.89. The molecule has 1 saturated heterocycles. The van der Waals surface area contributed by atoms with E-state index in [0.717, 1.165) is 31.6 Å². The van der Waals surface area contributed by atoms with E-state index in [9.17, 15) is 4.79 Å². The Kier molecular flexibility index (Phi) is 5.21. The fourth-order valence-corrected chi connectivity index (χ4v) is 2.65. The first-order valence-corrected chi connectivity index (χ1v) is 7.93. The quantitative estimate of drug-likeness (QED) is 0.942. The highest BCUT2D eigenvalue weighted by molar-refractivity contribution is 5.89. The summed E-state index contributed by atoms with van der Waals surface area (Å²) >= 11 is 0. The molecule has 3 rings (SSSR count). The average Bonchev–Trinajstić information content (AvgIpc) is 2.62. The lowest BCUT2D eigenvalue weighted by atomic mass is 10.1. The van der Waals surface area contributed by atoms with Crippen molar-refractivity contribution in [2.45, 2.75) is 25.6 Å². The summed E-state index contributed by atoms with van der Waals surface area (Å²) in [5.41, 5.74) is 1.96. The van der Waals surface area contributed by atoms with E-state index in [4.69, 9.17) is 4.74 Å². The van der Waals surface area contributed by atoms with Gasteiger partial charge in [-0.1, -0.05) is 30.3 Å². The van der Waals surface area contributed by atoms with E-state index >= 15 is 0 Å². The largest absolute Gasteiger partial charge is 0.373 e. The van der Waals surface area contributed by atoms with Gasteiger partial charge in [-0.2, -0.15) is 0 Å². The van der Waals surface area contributed by atoms with E-state index in [1.165, 1.54) is 5.56 Å². The van der Waals surface area contributed by atoms with Crippen molar-refractivity contribution in [3.05, 3.63) is 60.4 Å². The first kappa shape index (κ1) is 15.5. The monoisotopic (exact) mass is 311 g/mol. The normalized spacial score (nSPS) is 15.4. The molecule has 120 valence electrons. The first-order valence-electron chi connectivity index (χ1n) is 7.93. The van der Waals surface area contributed by atoms with E-state index in [1.54, 1.807) is 24.5 Å². The molecule has 23 heavy (non-hydrogen) atoms. The van der Waals surface area contributed by atoms with E-state index in [-0.39, 0.29) is 12.1 Å². The number of hydrogen-bond acceptors (Lipinski definition) is 3. The predicted octanol–water partition coefficient (Wildman–Crippen LogP) is 3.29. The van der Waals surface area contributed by atoms with Gasteiger partial charge in [-0.3, -0.25) is 4.98 Å². The number of rotatable bonds is 4. The van der Waals surface area contributed by atoms with Crippen molar-refractivity contribution in [3.63, 3.8) is 0 Å². The second kappa shape index (κ2) is 7.74. The van der Waals surface area contributed by atoms with Crippen LogP contribution in [0, 0.1) is 0 Å². The molecule has 0 bridgehead atoms. The Morgan fingerprint density at radius 3 is 2.52 bits per heavy atom. The third kappa shape index (κ3) is 4.53. The van der Waals surface area contributed by atoms with Crippen molar-refractivity contribution in [2.75, 3.05) is 18.4 Å². The van der Waals surface area contributed by atoms with Crippen LogP contribution in [0.2, 0.25) is 0 Å². The molecule has 5 nitrogen and oxygen atoms in total. The van der Waals surface area contributed by atoms with Crippen LogP contribution in [0.1, 0.15) is 18.4 Å². The Morgan fingerprint density at radius 2 is 1.83 bits per heavy atom. The number of carbonyl (C=O) groups is 1. The molecule has 0 unspecified atom stereocenters. The number of anilines is 1. The van der Waals surface area contributed by atoms with Gasteiger partial charge >= 0.3 is 6.03 Å². The Labute approximate surface area is 136 Å². The van der Waals surface area contributed by atoms with Crippen molar-refractivity contribution in [2.24, 2.45) is 0 Å². The van der Waals surface area contributed by atoms with Crippen molar-refractivity contribution in [1.29, 1.82) is 0 Å². The smallest absolute Gasteiger partial charge is 0.321 e. The molecule has 2 aromatic rings. The minimum atomic E-state index is -0.0577. The molecule has 2 amide bonds. The Morgan fingerprint density at radius 1 is 1.13 bits per heavy atom. The van der Waals surface area contributed by atoms with Crippen LogP contribution in [-0.2, 0) is 11.3 Å². The third-order valence-corrected chi connectivity index (χ3v) is 3.99. The van der Waals surface area contributed by atoms with E-state index < -0.39 is 0 Å². The summed E-state index contributed by atoms with van der Waals surface area (Å²) in [4.78, 5) is 18.0. The van der Waals surface area contributed by atoms with Crippen molar-refractivity contribution >= 4 is 11.7 Å². The molecule has 1 aliphatic rings. The van der Waals surface area contributed by atoms with Gasteiger partial charge in [-0.05, 0) is 30.5 Å². The summed E-state index contributed by atoms with van der Waals surface area (Å²) in [7, 11) is 0. The SMILES string of the molecule is O=C(Nc1ccncc1)N1CCC(OCc2ccccc2)CC1. The van der Waals surface area contributed by atoms with Crippen molar-refractivity contribution in [3.8, 4) is 0 Å². The number of aromatic nitrogens is 1. The third-order valence-electron chi connectivity index (χ3n) is 3.99. The van der Waals surface area contributed by atoms with E-state index in [1.807, 2.05) is 23.1 Å². The zero-order valence-corrected chi connectivity index (χ0v) is 13.0. The first-order chi connectivity index (χ1) is 11.3. The number of likely N-dealkylation sites (tertiary alicyclic amines) is 1. The molecular formula is C18H21N3O2. The minimum Gasteiger partial charge on any atom is -0.373 e. The highest BCUT2D eigenvalue weighted by Crippen LogP contribution is 2.17. The molecule has 1 fully saturated rings. The summed E-state index contributed by atoms with van der Waals surface area (Å²) in [5.74, 6) is 0. The zero-order chi connectivity index (χ0) is 15.9. The molecule has 1 aromatic carbocycles. The number of amides is 2. The highest BCUT2D eigenvalue weighted by Gasteiger charge is 2.23. The predicted molar refractivity (Wildman–Crippen MR) is 89.1 cm³/mol. The molecule has 1 aliphatic heterocycles. The maximum Gasteiger partial charge on any atom is 0.321 e. The molecule has 0 spiro atoms. The molecule has 0 radical (unpaired) electrons. The zero-order valence-electron chi connectivity index (χ0n) is 13.0. The molecule has 0 aliphatic carbocycles. The van der Waals surface area contributed by atoms with Crippen LogP contribution in [0.25, 0.3) is 0 Å².